The highest BCUT2D eigenvalue weighted by Gasteiger charge is 2.19. The van der Waals surface area contributed by atoms with E-state index in [1.54, 1.807) is 0 Å². The van der Waals surface area contributed by atoms with Crippen molar-refractivity contribution >= 4 is 17.9 Å². The van der Waals surface area contributed by atoms with E-state index in [9.17, 15) is 14.4 Å². The van der Waals surface area contributed by atoms with Crippen LogP contribution in [0, 0.1) is 0 Å². The lowest BCUT2D eigenvalue weighted by molar-refractivity contribution is -0.167. The lowest BCUT2D eigenvalue weighted by Crippen LogP contribution is -2.30. The zero-order chi connectivity index (χ0) is 41.5. The van der Waals surface area contributed by atoms with Crippen LogP contribution in [0.4, 0.5) is 0 Å². The number of hydrogen-bond donors (Lipinski definition) is 0. The van der Waals surface area contributed by atoms with Crippen LogP contribution in [-0.4, -0.2) is 37.2 Å². The number of unbranched alkanes of at least 4 members (excludes halogenated alkanes) is 25. The fourth-order valence-corrected chi connectivity index (χ4v) is 6.59. The minimum absolute atomic E-state index is 0.0945. The highest BCUT2D eigenvalue weighted by atomic mass is 16.6. The Kier molecular flexibility index (Phi) is 43.9. The molecule has 0 amide bonds. The van der Waals surface area contributed by atoms with Crippen molar-refractivity contribution in [1.29, 1.82) is 0 Å². The molecule has 0 fully saturated rings. The predicted molar refractivity (Wildman–Crippen MR) is 242 cm³/mol. The Morgan fingerprint density at radius 3 is 1.14 bits per heavy atom. The molecule has 1 unspecified atom stereocenters. The lowest BCUT2D eigenvalue weighted by atomic mass is 10.1. The first-order valence-corrected chi connectivity index (χ1v) is 24.2. The van der Waals surface area contributed by atoms with Gasteiger partial charge in [-0.15, -0.1) is 0 Å². The van der Waals surface area contributed by atoms with Gasteiger partial charge in [0.15, 0.2) is 6.10 Å². The van der Waals surface area contributed by atoms with Gasteiger partial charge in [0.2, 0.25) is 0 Å². The van der Waals surface area contributed by atoms with Gasteiger partial charge >= 0.3 is 17.9 Å². The quantitative estimate of drug-likeness (QED) is 0.0201. The molecule has 0 radical (unpaired) electrons. The van der Waals surface area contributed by atoms with Crippen molar-refractivity contribution < 1.29 is 28.6 Å². The fourth-order valence-electron chi connectivity index (χ4n) is 6.59. The molecule has 0 aromatic heterocycles. The molecular formula is C51H90O6. The summed E-state index contributed by atoms with van der Waals surface area (Å²) in [5.41, 5.74) is 0. The molecule has 57 heavy (non-hydrogen) atoms. The largest absolute Gasteiger partial charge is 0.462 e. The Balaban J connectivity index is 4.31. The Bertz CT molecular complexity index is 1010. The van der Waals surface area contributed by atoms with Crippen LogP contribution in [0.3, 0.4) is 0 Å². The van der Waals surface area contributed by atoms with Crippen molar-refractivity contribution in [2.75, 3.05) is 13.2 Å². The van der Waals surface area contributed by atoms with Crippen molar-refractivity contribution in [3.8, 4) is 0 Å². The summed E-state index contributed by atoms with van der Waals surface area (Å²) in [6, 6.07) is 0. The van der Waals surface area contributed by atoms with Gasteiger partial charge in [-0.2, -0.15) is 0 Å². The third kappa shape index (κ3) is 44.3. The van der Waals surface area contributed by atoms with Crippen molar-refractivity contribution in [2.24, 2.45) is 0 Å². The molecule has 1 atom stereocenters. The summed E-state index contributed by atoms with van der Waals surface area (Å²) in [4.78, 5) is 37.7. The SMILES string of the molecule is CCCC/C=C\C=C/CCCCCC(=O)OC(COC(=O)CCC/C=C\CCCCCC)COC(=O)CCCCCCCCC/C=C\CCCCCCCCCC. The molecule has 0 heterocycles. The third-order valence-corrected chi connectivity index (χ3v) is 10.3. The van der Waals surface area contributed by atoms with E-state index in [-0.39, 0.29) is 31.1 Å². The van der Waals surface area contributed by atoms with Crippen molar-refractivity contribution in [3.63, 3.8) is 0 Å². The molecule has 6 heteroatoms. The van der Waals surface area contributed by atoms with Gasteiger partial charge in [0.1, 0.15) is 13.2 Å². The average Bonchev–Trinajstić information content (AvgIpc) is 3.21. The summed E-state index contributed by atoms with van der Waals surface area (Å²) in [6.45, 7) is 6.49. The highest BCUT2D eigenvalue weighted by molar-refractivity contribution is 5.71. The maximum Gasteiger partial charge on any atom is 0.306 e. The third-order valence-electron chi connectivity index (χ3n) is 10.3. The molecule has 0 saturated heterocycles. The van der Waals surface area contributed by atoms with E-state index >= 15 is 0 Å². The maximum absolute atomic E-state index is 12.7. The summed E-state index contributed by atoms with van der Waals surface area (Å²) in [5.74, 6) is -0.964. The Hall–Kier alpha value is -2.63. The number of hydrogen-bond acceptors (Lipinski definition) is 6. The number of esters is 3. The van der Waals surface area contributed by atoms with Crippen LogP contribution in [-0.2, 0) is 28.6 Å². The van der Waals surface area contributed by atoms with Crippen molar-refractivity contribution in [1.82, 2.24) is 0 Å². The molecule has 0 aliphatic rings. The predicted octanol–water partition coefficient (Wildman–Crippen LogP) is 15.5. The van der Waals surface area contributed by atoms with Gasteiger partial charge in [-0.1, -0.05) is 185 Å². The highest BCUT2D eigenvalue weighted by Crippen LogP contribution is 2.14. The molecule has 0 N–H and O–H groups in total. The van der Waals surface area contributed by atoms with Crippen molar-refractivity contribution in [3.05, 3.63) is 48.6 Å². The summed E-state index contributed by atoms with van der Waals surface area (Å²) in [7, 11) is 0. The lowest BCUT2D eigenvalue weighted by Gasteiger charge is -2.18. The van der Waals surface area contributed by atoms with Gasteiger partial charge < -0.3 is 14.2 Å². The van der Waals surface area contributed by atoms with Crippen LogP contribution in [0.15, 0.2) is 48.6 Å². The minimum atomic E-state index is -0.796. The zero-order valence-corrected chi connectivity index (χ0v) is 37.6. The minimum Gasteiger partial charge on any atom is -0.462 e. The monoisotopic (exact) mass is 799 g/mol. The van der Waals surface area contributed by atoms with E-state index in [1.807, 2.05) is 0 Å². The van der Waals surface area contributed by atoms with E-state index < -0.39 is 6.10 Å². The first-order chi connectivity index (χ1) is 28.0. The molecule has 330 valence electrons. The van der Waals surface area contributed by atoms with Gasteiger partial charge in [-0.3, -0.25) is 14.4 Å². The number of ether oxygens (including phenoxy) is 3. The van der Waals surface area contributed by atoms with Crippen LogP contribution < -0.4 is 0 Å². The molecule has 0 rings (SSSR count). The van der Waals surface area contributed by atoms with Gasteiger partial charge in [0.25, 0.3) is 0 Å². The number of carbonyl (C=O) groups excluding carboxylic acids is 3. The van der Waals surface area contributed by atoms with Crippen molar-refractivity contribution in [2.45, 2.75) is 245 Å². The van der Waals surface area contributed by atoms with Gasteiger partial charge in [0.05, 0.1) is 0 Å². The zero-order valence-electron chi connectivity index (χ0n) is 37.6. The normalized spacial score (nSPS) is 12.4. The second-order valence-electron chi connectivity index (χ2n) is 16.0. The Labute approximate surface area is 352 Å². The summed E-state index contributed by atoms with van der Waals surface area (Å²) < 4.78 is 16.6. The van der Waals surface area contributed by atoms with Crippen LogP contribution >= 0.6 is 0 Å². The molecule has 0 aliphatic carbocycles. The van der Waals surface area contributed by atoms with E-state index in [1.165, 1.54) is 128 Å². The molecule has 0 spiro atoms. The van der Waals surface area contributed by atoms with Gasteiger partial charge in [0, 0.05) is 19.3 Å². The van der Waals surface area contributed by atoms with Crippen LogP contribution in [0.1, 0.15) is 239 Å². The van der Waals surface area contributed by atoms with Gasteiger partial charge in [-0.25, -0.2) is 0 Å². The smallest absolute Gasteiger partial charge is 0.306 e. The number of rotatable bonds is 43. The Morgan fingerprint density at radius 2 is 0.667 bits per heavy atom. The standard InChI is InChI=1S/C51H90O6/c1-4-7-10-13-16-19-21-22-23-24-25-26-27-28-30-32-35-38-41-44-50(53)56-47-48(46-55-49(52)43-40-37-34-31-18-15-12-9-6-3)57-51(54)45-42-39-36-33-29-20-17-14-11-8-5-2/h14,17,20,24-25,29,31,34,48H,4-13,15-16,18-19,21-23,26-28,30,32-33,35-47H2,1-3H3/b17-14-,25-24-,29-20-,34-31-. The summed E-state index contributed by atoms with van der Waals surface area (Å²) >= 11 is 0. The summed E-state index contributed by atoms with van der Waals surface area (Å²) in [5, 5.41) is 0. The average molecular weight is 799 g/mol. The molecule has 0 aromatic rings. The summed E-state index contributed by atoms with van der Waals surface area (Å²) in [6.07, 6.45) is 54.0. The van der Waals surface area contributed by atoms with Crippen LogP contribution in [0.5, 0.6) is 0 Å². The molecule has 0 bridgehead atoms. The number of carbonyl (C=O) groups is 3. The van der Waals surface area contributed by atoms with E-state index in [0.717, 1.165) is 64.2 Å². The molecular weight excluding hydrogens is 709 g/mol. The fraction of sp³-hybridized carbons (Fsp3) is 0.784. The Morgan fingerprint density at radius 1 is 0.351 bits per heavy atom. The van der Waals surface area contributed by atoms with Crippen LogP contribution in [0.2, 0.25) is 0 Å². The van der Waals surface area contributed by atoms with E-state index in [4.69, 9.17) is 14.2 Å². The number of allylic oxidation sites excluding steroid dienone is 8. The van der Waals surface area contributed by atoms with Crippen LogP contribution in [0.25, 0.3) is 0 Å². The molecule has 6 nitrogen and oxygen atoms in total. The van der Waals surface area contributed by atoms with E-state index in [0.29, 0.717) is 25.7 Å². The molecule has 0 aromatic carbocycles. The van der Waals surface area contributed by atoms with E-state index in [2.05, 4.69) is 69.4 Å². The first-order valence-electron chi connectivity index (χ1n) is 24.2. The molecule has 0 aliphatic heterocycles. The first kappa shape index (κ1) is 54.4. The van der Waals surface area contributed by atoms with Gasteiger partial charge in [-0.05, 0) is 83.5 Å². The maximum atomic E-state index is 12.7. The second-order valence-corrected chi connectivity index (χ2v) is 16.0. The molecule has 0 saturated carbocycles. The second kappa shape index (κ2) is 46.1. The topological polar surface area (TPSA) is 78.9 Å².